The minimum atomic E-state index is -1.08. The molecule has 9 atom stereocenters. The predicted octanol–water partition coefficient (Wildman–Crippen LogP) is 7.04. The average Bonchev–Trinajstić information content (AvgIpc) is 2.99. The van der Waals surface area contributed by atoms with E-state index in [0.717, 1.165) is 44.9 Å². The van der Waals surface area contributed by atoms with Crippen molar-refractivity contribution in [2.24, 2.45) is 50.2 Å². The second-order valence-corrected chi connectivity index (χ2v) is 17.6. The summed E-state index contributed by atoms with van der Waals surface area (Å²) in [6.45, 7) is 13.7. The summed E-state index contributed by atoms with van der Waals surface area (Å²) >= 11 is 0. The number of ether oxygens (including phenoxy) is 2. The molecule has 5 aliphatic carbocycles. The molecule has 5 rings (SSSR count). The van der Waals surface area contributed by atoms with Crippen LogP contribution in [0.25, 0.3) is 0 Å². The van der Waals surface area contributed by atoms with Gasteiger partial charge in [0.05, 0.1) is 31.1 Å². The lowest BCUT2D eigenvalue weighted by Crippen LogP contribution is -2.66. The molecule has 0 aromatic rings. The van der Waals surface area contributed by atoms with Gasteiger partial charge in [0.15, 0.2) is 0 Å². The first-order valence-electron chi connectivity index (χ1n) is 18.0. The number of carboxylic acid groups (broad SMARTS) is 3. The topological polar surface area (TPSA) is 164 Å². The van der Waals surface area contributed by atoms with Crippen LogP contribution in [0.4, 0.5) is 0 Å². The van der Waals surface area contributed by atoms with Crippen LogP contribution in [0.15, 0.2) is 11.6 Å². The Morgan fingerprint density at radius 2 is 1.38 bits per heavy atom. The van der Waals surface area contributed by atoms with E-state index in [2.05, 4.69) is 40.7 Å². The van der Waals surface area contributed by atoms with E-state index in [4.69, 9.17) is 19.7 Å². The fraction of sp³-hybridized carbons (Fsp3) is 0.816. The molecular formula is C38H56O10. The maximum Gasteiger partial charge on any atom is 0.310 e. The number of fused-ring (bicyclic) bond motifs is 7. The van der Waals surface area contributed by atoms with Crippen LogP contribution in [0.2, 0.25) is 0 Å². The molecule has 0 bridgehead atoms. The largest absolute Gasteiger partial charge is 0.481 e. The van der Waals surface area contributed by atoms with E-state index in [9.17, 15) is 29.1 Å². The molecule has 0 radical (unpaired) electrons. The highest BCUT2D eigenvalue weighted by Crippen LogP contribution is 2.76. The van der Waals surface area contributed by atoms with Gasteiger partial charge in [-0.1, -0.05) is 53.2 Å². The zero-order valence-corrected chi connectivity index (χ0v) is 29.7. The molecule has 4 fully saturated rings. The van der Waals surface area contributed by atoms with Crippen molar-refractivity contribution >= 4 is 29.8 Å². The molecule has 0 aliphatic heterocycles. The fourth-order valence-electron chi connectivity index (χ4n) is 11.8. The minimum Gasteiger partial charge on any atom is -0.481 e. The number of esters is 2. The smallest absolute Gasteiger partial charge is 0.310 e. The summed E-state index contributed by atoms with van der Waals surface area (Å²) in [4.78, 5) is 60.8. The number of hydrogen-bond acceptors (Lipinski definition) is 7. The van der Waals surface area contributed by atoms with Crippen molar-refractivity contribution in [1.29, 1.82) is 0 Å². The van der Waals surface area contributed by atoms with Crippen LogP contribution >= 0.6 is 0 Å². The molecule has 48 heavy (non-hydrogen) atoms. The zero-order valence-electron chi connectivity index (χ0n) is 29.7. The third-order valence-electron chi connectivity index (χ3n) is 14.7. The van der Waals surface area contributed by atoms with E-state index in [-0.39, 0.29) is 71.7 Å². The SMILES string of the molecule is CC1(C)CC[C@]2(C(=O)O)CC[C@]3(C)C(=CCC4[C@@]5(C)CC[C@H](OC(=O)CCC(=O)O)[C@@](C)(COC(=O)CCC(=O)O)C5CC[C@]43C)C2C1. The second kappa shape index (κ2) is 12.4. The van der Waals surface area contributed by atoms with Gasteiger partial charge in [-0.15, -0.1) is 0 Å². The molecule has 10 heteroatoms. The van der Waals surface area contributed by atoms with Gasteiger partial charge in [-0.2, -0.15) is 0 Å². The first kappa shape index (κ1) is 36.4. The van der Waals surface area contributed by atoms with Crippen molar-refractivity contribution in [3.8, 4) is 0 Å². The van der Waals surface area contributed by atoms with Crippen LogP contribution < -0.4 is 0 Å². The monoisotopic (exact) mass is 672 g/mol. The van der Waals surface area contributed by atoms with Crippen LogP contribution in [-0.2, 0) is 33.4 Å². The molecule has 3 N–H and O–H groups in total. The Labute approximate surface area is 284 Å². The molecule has 0 aromatic heterocycles. The molecule has 0 saturated heterocycles. The number of rotatable bonds is 10. The van der Waals surface area contributed by atoms with Crippen LogP contribution in [-0.4, -0.2) is 57.9 Å². The highest BCUT2D eigenvalue weighted by molar-refractivity contribution is 5.78. The van der Waals surface area contributed by atoms with Gasteiger partial charge in [0.1, 0.15) is 12.7 Å². The minimum absolute atomic E-state index is 0.00948. The highest BCUT2D eigenvalue weighted by Gasteiger charge is 2.70. The van der Waals surface area contributed by atoms with E-state index in [1.54, 1.807) is 0 Å². The molecule has 4 saturated carbocycles. The summed E-state index contributed by atoms with van der Waals surface area (Å²) in [5.74, 6) is -3.74. The Balaban J connectivity index is 1.49. The lowest BCUT2D eigenvalue weighted by atomic mass is 9.33. The van der Waals surface area contributed by atoms with Gasteiger partial charge in [-0.05, 0) is 104 Å². The van der Waals surface area contributed by atoms with E-state index < -0.39 is 46.8 Å². The summed E-state index contributed by atoms with van der Waals surface area (Å²) in [6.07, 6.45) is 8.52. The van der Waals surface area contributed by atoms with Crippen molar-refractivity contribution in [2.75, 3.05) is 6.61 Å². The van der Waals surface area contributed by atoms with E-state index in [1.165, 1.54) is 5.57 Å². The molecular weight excluding hydrogens is 616 g/mol. The van der Waals surface area contributed by atoms with Crippen LogP contribution in [0, 0.1) is 50.2 Å². The summed E-state index contributed by atoms with van der Waals surface area (Å²) in [7, 11) is 0. The van der Waals surface area contributed by atoms with Gasteiger partial charge < -0.3 is 24.8 Å². The number of allylic oxidation sites excluding steroid dienone is 2. The Bertz CT molecular complexity index is 1380. The molecule has 0 aromatic carbocycles. The quantitative estimate of drug-likeness (QED) is 0.162. The molecule has 3 unspecified atom stereocenters. The standard InChI is InChI=1S/C38H56O10/c1-33(2)17-19-38(32(45)46)20-18-36(5)23(24(38)21-33)7-8-26-34(3)15-14-27(48-31(44)12-10-29(41)42)35(4,25(34)13-16-37(26,36)6)22-47-30(43)11-9-28(39)40/h7,24-27H,8-22H2,1-6H3,(H,39,40)(H,41,42)(H,45,46)/t24?,25?,26?,27-,34-,35-,36+,37+,38-/m0/s1. The first-order valence-corrected chi connectivity index (χ1v) is 18.0. The van der Waals surface area contributed by atoms with Crippen molar-refractivity contribution in [1.82, 2.24) is 0 Å². The Hall–Kier alpha value is -2.91. The van der Waals surface area contributed by atoms with Gasteiger partial charge in [0.2, 0.25) is 0 Å². The predicted molar refractivity (Wildman–Crippen MR) is 176 cm³/mol. The maximum atomic E-state index is 13.0. The van der Waals surface area contributed by atoms with Gasteiger partial charge in [-0.25, -0.2) is 0 Å². The van der Waals surface area contributed by atoms with Crippen LogP contribution in [0.5, 0.6) is 0 Å². The van der Waals surface area contributed by atoms with Crippen molar-refractivity contribution in [2.45, 2.75) is 138 Å². The summed E-state index contributed by atoms with van der Waals surface area (Å²) < 4.78 is 11.8. The zero-order chi connectivity index (χ0) is 35.5. The van der Waals surface area contributed by atoms with Crippen molar-refractivity contribution < 1.29 is 48.8 Å². The molecule has 0 heterocycles. The van der Waals surface area contributed by atoms with Crippen molar-refractivity contribution in [3.05, 3.63) is 11.6 Å². The first-order chi connectivity index (χ1) is 22.2. The van der Waals surface area contributed by atoms with Crippen molar-refractivity contribution in [3.63, 3.8) is 0 Å². The van der Waals surface area contributed by atoms with Gasteiger partial charge in [0.25, 0.3) is 0 Å². The van der Waals surface area contributed by atoms with E-state index in [0.29, 0.717) is 19.3 Å². The molecule has 10 nitrogen and oxygen atoms in total. The van der Waals surface area contributed by atoms with Gasteiger partial charge in [-0.3, -0.25) is 24.0 Å². The number of carboxylic acids is 3. The molecule has 0 spiro atoms. The highest BCUT2D eigenvalue weighted by atomic mass is 16.6. The molecule has 5 aliphatic rings. The normalized spacial score (nSPS) is 41.2. The van der Waals surface area contributed by atoms with E-state index in [1.807, 2.05) is 6.92 Å². The average molecular weight is 673 g/mol. The van der Waals surface area contributed by atoms with Gasteiger partial charge >= 0.3 is 29.8 Å². The lowest BCUT2D eigenvalue weighted by molar-refractivity contribution is -0.227. The second-order valence-electron chi connectivity index (χ2n) is 17.6. The van der Waals surface area contributed by atoms with E-state index >= 15 is 0 Å². The Morgan fingerprint density at radius 1 is 0.750 bits per heavy atom. The summed E-state index contributed by atoms with van der Waals surface area (Å²) in [6, 6.07) is 0. The molecule has 0 amide bonds. The van der Waals surface area contributed by atoms with Crippen LogP contribution in [0.3, 0.4) is 0 Å². The number of aliphatic carboxylic acids is 3. The third-order valence-corrected chi connectivity index (χ3v) is 14.7. The molecule has 268 valence electrons. The number of carbonyl (C=O) groups excluding carboxylic acids is 2. The lowest BCUT2D eigenvalue weighted by Gasteiger charge is -2.71. The van der Waals surface area contributed by atoms with Crippen LogP contribution in [0.1, 0.15) is 131 Å². The maximum absolute atomic E-state index is 13.0. The fourth-order valence-corrected chi connectivity index (χ4v) is 11.8. The Morgan fingerprint density at radius 3 is 2.00 bits per heavy atom. The summed E-state index contributed by atoms with van der Waals surface area (Å²) in [5.41, 5.74) is -0.530. The van der Waals surface area contributed by atoms with Gasteiger partial charge in [0, 0.05) is 5.41 Å². The number of hydrogen-bond donors (Lipinski definition) is 3. The summed E-state index contributed by atoms with van der Waals surface area (Å²) in [5, 5.41) is 28.9. The third kappa shape index (κ3) is 5.86. The Kier molecular flexibility index (Phi) is 9.43. The number of carbonyl (C=O) groups is 5.